The van der Waals surface area contributed by atoms with Gasteiger partial charge in [-0.15, -0.1) is 0 Å². The van der Waals surface area contributed by atoms with Crippen molar-refractivity contribution >= 4 is 55.1 Å². The molecule has 1 rings (SSSR count). The Kier molecular flexibility index (Phi) is 6.09. The number of benzene rings is 1. The normalized spacial score (nSPS) is 13.1. The molecule has 0 aliphatic rings. The van der Waals surface area contributed by atoms with Crippen molar-refractivity contribution in [2.45, 2.75) is 9.65 Å². The molecular weight excluding hydrogens is 416 g/mol. The molecule has 0 aliphatic carbocycles. The summed E-state index contributed by atoms with van der Waals surface area (Å²) in [5, 5.41) is 22.1. The number of anilines is 1. The number of aliphatic carboxylic acids is 1. The highest BCUT2D eigenvalue weighted by Gasteiger charge is 2.30. The molecule has 10 heteroatoms. The van der Waals surface area contributed by atoms with Crippen LogP contribution in [0.2, 0.25) is 0 Å². The average molecular weight is 426 g/mol. The van der Waals surface area contributed by atoms with Gasteiger partial charge in [0.25, 0.3) is 0 Å². The van der Waals surface area contributed by atoms with Gasteiger partial charge in [0.15, 0.2) is 0 Å². The Bertz CT molecular complexity index is 580. The van der Waals surface area contributed by atoms with Crippen LogP contribution in [0.3, 0.4) is 0 Å². The second-order valence-electron chi connectivity index (χ2n) is 3.75. The number of carboxylic acid groups (broad SMARTS) is 1. The van der Waals surface area contributed by atoms with E-state index in [0.717, 1.165) is 0 Å². The highest BCUT2D eigenvalue weighted by Crippen LogP contribution is 2.34. The van der Waals surface area contributed by atoms with Crippen LogP contribution in [-0.4, -0.2) is 38.7 Å². The minimum Gasteiger partial charge on any atom is -0.489 e. The van der Waals surface area contributed by atoms with Gasteiger partial charge in [0.05, 0.1) is 17.7 Å². The Hall–Kier alpha value is -1.68. The van der Waals surface area contributed by atoms with Crippen LogP contribution in [0.15, 0.2) is 18.2 Å². The van der Waals surface area contributed by atoms with E-state index in [1.54, 1.807) is 0 Å². The van der Waals surface area contributed by atoms with Crippen LogP contribution in [0.25, 0.3) is 0 Å². The molecule has 0 spiro atoms. The summed E-state index contributed by atoms with van der Waals surface area (Å²) in [4.78, 5) is 30.7. The van der Waals surface area contributed by atoms with E-state index in [1.165, 1.54) is 25.3 Å². The molecule has 0 aliphatic heterocycles. The van der Waals surface area contributed by atoms with Gasteiger partial charge in [-0.05, 0) is 6.07 Å². The first-order valence-corrected chi connectivity index (χ1v) is 7.26. The molecule has 2 atom stereocenters. The highest BCUT2D eigenvalue weighted by molar-refractivity contribution is 9.12. The zero-order chi connectivity index (χ0) is 16.2. The topological polar surface area (TPSA) is 119 Å². The minimum absolute atomic E-state index is 0.0752. The van der Waals surface area contributed by atoms with Gasteiger partial charge in [-0.25, -0.2) is 0 Å². The summed E-state index contributed by atoms with van der Waals surface area (Å²) in [5.74, 6) is -2.02. The number of carboxylic acids is 1. The maximum Gasteiger partial charge on any atom is 0.318 e. The van der Waals surface area contributed by atoms with Crippen LogP contribution < -0.4 is 10.1 Å². The van der Waals surface area contributed by atoms with E-state index in [-0.39, 0.29) is 17.1 Å². The van der Waals surface area contributed by atoms with Gasteiger partial charge in [-0.2, -0.15) is 0 Å². The molecule has 0 heterocycles. The maximum absolute atomic E-state index is 11.9. The maximum atomic E-state index is 11.9. The lowest BCUT2D eigenvalue weighted by Gasteiger charge is -2.15. The summed E-state index contributed by atoms with van der Waals surface area (Å²) in [6.45, 7) is 0. The number of nitrogens with one attached hydrogen (secondary N) is 1. The van der Waals surface area contributed by atoms with Gasteiger partial charge >= 0.3 is 11.7 Å². The van der Waals surface area contributed by atoms with Gasteiger partial charge in [0.1, 0.15) is 9.65 Å². The summed E-state index contributed by atoms with van der Waals surface area (Å²) in [6.07, 6.45) is 0. The van der Waals surface area contributed by atoms with Crippen molar-refractivity contribution in [3.05, 3.63) is 28.3 Å². The fourth-order valence-corrected chi connectivity index (χ4v) is 2.02. The van der Waals surface area contributed by atoms with Crippen molar-refractivity contribution in [2.75, 3.05) is 12.4 Å². The molecule has 0 fully saturated rings. The number of nitrogens with zero attached hydrogens (tertiary/aromatic N) is 1. The predicted octanol–water partition coefficient (Wildman–Crippen LogP) is 2.15. The number of methoxy groups -OCH3 is 1. The standard InChI is InChI=1S/C11H10Br2N2O6/c1-21-9-5(3-2-4-6(9)15(19)20)14-10(16)7(12)8(13)11(17)18/h2-4,7-8H,1H3,(H,14,16)(H,17,18)/t7-,8+/m1/s1. The van der Waals surface area contributed by atoms with Crippen LogP contribution in [-0.2, 0) is 9.59 Å². The van der Waals surface area contributed by atoms with Crippen molar-refractivity contribution in [1.82, 2.24) is 0 Å². The molecule has 0 radical (unpaired) electrons. The third kappa shape index (κ3) is 4.14. The first-order valence-electron chi connectivity index (χ1n) is 5.42. The number of para-hydroxylation sites is 1. The van der Waals surface area contributed by atoms with Gasteiger partial charge in [-0.3, -0.25) is 19.7 Å². The number of carbonyl (C=O) groups excluding carboxylic acids is 1. The molecule has 0 unspecified atom stereocenters. The number of hydrogen-bond acceptors (Lipinski definition) is 5. The van der Waals surface area contributed by atoms with Crippen LogP contribution in [0.1, 0.15) is 0 Å². The first kappa shape index (κ1) is 17.4. The number of amides is 1. The Morgan fingerprint density at radius 1 is 1.38 bits per heavy atom. The van der Waals surface area contributed by atoms with E-state index >= 15 is 0 Å². The zero-order valence-corrected chi connectivity index (χ0v) is 13.8. The van der Waals surface area contributed by atoms with E-state index in [0.29, 0.717) is 0 Å². The Morgan fingerprint density at radius 3 is 2.48 bits per heavy atom. The number of hydrogen-bond donors (Lipinski definition) is 2. The van der Waals surface area contributed by atoms with Crippen molar-refractivity contribution in [2.24, 2.45) is 0 Å². The molecule has 0 saturated heterocycles. The summed E-state index contributed by atoms with van der Waals surface area (Å²) in [7, 11) is 1.23. The lowest BCUT2D eigenvalue weighted by atomic mass is 10.2. The number of nitro groups is 1. The molecule has 8 nitrogen and oxygen atoms in total. The molecule has 1 aromatic rings. The monoisotopic (exact) mass is 424 g/mol. The minimum atomic E-state index is -1.22. The van der Waals surface area contributed by atoms with E-state index in [1.807, 2.05) is 0 Å². The summed E-state index contributed by atoms with van der Waals surface area (Å²) in [6, 6.07) is 4.01. The fourth-order valence-electron chi connectivity index (χ4n) is 1.44. The molecule has 114 valence electrons. The average Bonchev–Trinajstić information content (AvgIpc) is 2.44. The summed E-state index contributed by atoms with van der Waals surface area (Å²) in [5.41, 5.74) is -0.235. The largest absolute Gasteiger partial charge is 0.489 e. The highest BCUT2D eigenvalue weighted by atomic mass is 79.9. The number of carbonyl (C=O) groups is 2. The summed E-state index contributed by atoms with van der Waals surface area (Å²) >= 11 is 5.79. The van der Waals surface area contributed by atoms with Gasteiger partial charge < -0.3 is 15.2 Å². The predicted molar refractivity (Wildman–Crippen MR) is 81.3 cm³/mol. The Labute approximate surface area is 135 Å². The van der Waals surface area contributed by atoms with Gasteiger partial charge in [-0.1, -0.05) is 37.9 Å². The molecule has 2 N–H and O–H groups in total. The van der Waals surface area contributed by atoms with Crippen molar-refractivity contribution in [1.29, 1.82) is 0 Å². The lowest BCUT2D eigenvalue weighted by Crippen LogP contribution is -2.34. The van der Waals surface area contributed by atoms with Crippen molar-refractivity contribution < 1.29 is 24.4 Å². The molecule has 1 aromatic carbocycles. The van der Waals surface area contributed by atoms with Crippen molar-refractivity contribution in [3.63, 3.8) is 0 Å². The molecule has 1 amide bonds. The Balaban J connectivity index is 3.03. The molecule has 0 bridgehead atoms. The molecule has 21 heavy (non-hydrogen) atoms. The second-order valence-corrected chi connectivity index (χ2v) is 5.72. The van der Waals surface area contributed by atoms with Crippen LogP contribution in [0.4, 0.5) is 11.4 Å². The SMILES string of the molecule is COc1c(NC(=O)[C@H](Br)[C@H](Br)C(=O)O)cccc1[N+](=O)[O-]. The number of halogens is 2. The van der Waals surface area contributed by atoms with E-state index in [4.69, 9.17) is 9.84 Å². The van der Waals surface area contributed by atoms with E-state index in [2.05, 4.69) is 37.2 Å². The molecular formula is C11H10Br2N2O6. The van der Waals surface area contributed by atoms with E-state index < -0.39 is 26.5 Å². The lowest BCUT2D eigenvalue weighted by molar-refractivity contribution is -0.385. The fraction of sp³-hybridized carbons (Fsp3) is 0.273. The third-order valence-electron chi connectivity index (χ3n) is 2.40. The number of rotatable bonds is 6. The number of nitro benzene ring substituents is 1. The zero-order valence-electron chi connectivity index (χ0n) is 10.6. The van der Waals surface area contributed by atoms with Gasteiger partial charge in [0, 0.05) is 6.07 Å². The molecule has 0 saturated carbocycles. The van der Waals surface area contributed by atoms with Crippen molar-refractivity contribution in [3.8, 4) is 5.75 Å². The van der Waals surface area contributed by atoms with Crippen LogP contribution >= 0.6 is 31.9 Å². The number of alkyl halides is 2. The molecule has 0 aromatic heterocycles. The first-order chi connectivity index (χ1) is 9.79. The summed E-state index contributed by atoms with van der Waals surface area (Å²) < 4.78 is 4.93. The van der Waals surface area contributed by atoms with E-state index in [9.17, 15) is 19.7 Å². The van der Waals surface area contributed by atoms with Crippen LogP contribution in [0.5, 0.6) is 5.75 Å². The quantitative estimate of drug-likeness (QED) is 0.409. The third-order valence-corrected chi connectivity index (χ3v) is 4.97. The smallest absolute Gasteiger partial charge is 0.318 e. The second kappa shape index (κ2) is 7.36. The number of ether oxygens (including phenoxy) is 1. The van der Waals surface area contributed by atoms with Crippen LogP contribution in [0, 0.1) is 10.1 Å². The Morgan fingerprint density at radius 2 is 2.00 bits per heavy atom. The van der Waals surface area contributed by atoms with Gasteiger partial charge in [0.2, 0.25) is 11.7 Å².